The smallest absolute Gasteiger partial charge is 0.153 e. The van der Waals surface area contributed by atoms with Gasteiger partial charge < -0.3 is 11.1 Å². The molecule has 0 saturated heterocycles. The maximum absolute atomic E-state index is 13.3. The monoisotopic (exact) mass is 255 g/mol. The van der Waals surface area contributed by atoms with Gasteiger partial charge in [0.05, 0.1) is 16.4 Å². The number of pyridine rings is 1. The molecule has 3 nitrogen and oxygen atoms in total. The Kier molecular flexibility index (Phi) is 3.10. The van der Waals surface area contributed by atoms with Crippen LogP contribution in [-0.2, 0) is 0 Å². The molecule has 88 valence electrons. The number of anilines is 3. The average molecular weight is 256 g/mol. The molecule has 1 aromatic heterocycles. The molecule has 0 atom stereocenters. The van der Waals surface area contributed by atoms with E-state index in [9.17, 15) is 8.78 Å². The molecule has 0 amide bonds. The highest BCUT2D eigenvalue weighted by atomic mass is 35.5. The molecule has 1 aromatic carbocycles. The lowest BCUT2D eigenvalue weighted by molar-refractivity contribution is 0.586. The normalized spacial score (nSPS) is 10.3. The molecule has 0 aliphatic carbocycles. The van der Waals surface area contributed by atoms with Crippen molar-refractivity contribution in [2.24, 2.45) is 0 Å². The second kappa shape index (κ2) is 4.55. The number of hydrogen-bond acceptors (Lipinski definition) is 3. The minimum absolute atomic E-state index is 0.0907. The van der Waals surface area contributed by atoms with Gasteiger partial charge >= 0.3 is 0 Å². The molecule has 0 bridgehead atoms. The van der Waals surface area contributed by atoms with Crippen LogP contribution in [0.1, 0.15) is 0 Å². The van der Waals surface area contributed by atoms with Crippen LogP contribution in [0, 0.1) is 11.6 Å². The molecule has 3 N–H and O–H groups in total. The van der Waals surface area contributed by atoms with Gasteiger partial charge in [0.2, 0.25) is 0 Å². The lowest BCUT2D eigenvalue weighted by Crippen LogP contribution is -2.00. The molecule has 0 aliphatic rings. The van der Waals surface area contributed by atoms with Gasteiger partial charge in [-0.2, -0.15) is 0 Å². The molecule has 2 rings (SSSR count). The fraction of sp³-hybridized carbons (Fsp3) is 0. The quantitative estimate of drug-likeness (QED) is 0.865. The number of nitrogens with two attached hydrogens (primary N) is 1. The largest absolute Gasteiger partial charge is 0.396 e. The highest BCUT2D eigenvalue weighted by Gasteiger charge is 2.07. The van der Waals surface area contributed by atoms with Crippen molar-refractivity contribution in [2.75, 3.05) is 11.1 Å². The fourth-order valence-corrected chi connectivity index (χ4v) is 1.44. The molecule has 2 aromatic rings. The molecular weight excluding hydrogens is 248 g/mol. The summed E-state index contributed by atoms with van der Waals surface area (Å²) < 4.78 is 26.0. The summed E-state index contributed by atoms with van der Waals surface area (Å²) in [6, 6.07) is 4.66. The summed E-state index contributed by atoms with van der Waals surface area (Å²) in [5, 5.41) is 3.04. The van der Waals surface area contributed by atoms with Crippen molar-refractivity contribution in [1.29, 1.82) is 0 Å². The van der Waals surface area contributed by atoms with Crippen molar-refractivity contribution < 1.29 is 8.78 Å². The van der Waals surface area contributed by atoms with Gasteiger partial charge in [-0.25, -0.2) is 13.8 Å². The summed E-state index contributed by atoms with van der Waals surface area (Å²) in [6.45, 7) is 0. The third-order valence-electron chi connectivity index (χ3n) is 2.07. The Hall–Kier alpha value is -1.88. The Labute approximate surface area is 101 Å². The first-order valence-electron chi connectivity index (χ1n) is 4.69. The Morgan fingerprint density at radius 1 is 1.24 bits per heavy atom. The van der Waals surface area contributed by atoms with E-state index in [1.165, 1.54) is 18.3 Å². The highest BCUT2D eigenvalue weighted by molar-refractivity contribution is 6.30. The molecule has 17 heavy (non-hydrogen) atoms. The van der Waals surface area contributed by atoms with Gasteiger partial charge in [0.1, 0.15) is 11.6 Å². The third kappa shape index (κ3) is 2.62. The Morgan fingerprint density at radius 3 is 2.65 bits per heavy atom. The maximum Gasteiger partial charge on any atom is 0.153 e. The molecular formula is C11H8ClF2N3. The Bertz CT molecular complexity index is 511. The molecule has 0 spiro atoms. The van der Waals surface area contributed by atoms with E-state index >= 15 is 0 Å². The zero-order chi connectivity index (χ0) is 12.4. The van der Waals surface area contributed by atoms with E-state index in [0.717, 1.165) is 12.1 Å². The first-order chi connectivity index (χ1) is 8.06. The van der Waals surface area contributed by atoms with Crippen molar-refractivity contribution in [2.45, 2.75) is 0 Å². The first kappa shape index (κ1) is 11.6. The van der Waals surface area contributed by atoms with E-state index in [0.29, 0.717) is 5.02 Å². The van der Waals surface area contributed by atoms with Crippen LogP contribution < -0.4 is 11.1 Å². The fourth-order valence-electron chi connectivity index (χ4n) is 1.28. The summed E-state index contributed by atoms with van der Waals surface area (Å²) in [4.78, 5) is 3.91. The van der Waals surface area contributed by atoms with Crippen molar-refractivity contribution in [3.8, 4) is 0 Å². The second-order valence-corrected chi connectivity index (χ2v) is 3.78. The molecule has 0 unspecified atom stereocenters. The van der Waals surface area contributed by atoms with Crippen molar-refractivity contribution in [1.82, 2.24) is 4.98 Å². The average Bonchev–Trinajstić information content (AvgIpc) is 2.25. The highest BCUT2D eigenvalue weighted by Crippen LogP contribution is 2.25. The number of aromatic nitrogens is 1. The number of halogens is 3. The predicted octanol–water partition coefficient (Wildman–Crippen LogP) is 3.34. The third-order valence-corrected chi connectivity index (χ3v) is 2.27. The number of benzene rings is 1. The predicted molar refractivity (Wildman–Crippen MR) is 63.3 cm³/mol. The molecule has 1 heterocycles. The zero-order valence-electron chi connectivity index (χ0n) is 8.55. The molecule has 0 saturated carbocycles. The summed E-state index contributed by atoms with van der Waals surface area (Å²) in [5.41, 5.74) is 6.01. The van der Waals surface area contributed by atoms with E-state index < -0.39 is 11.6 Å². The minimum Gasteiger partial charge on any atom is -0.396 e. The van der Waals surface area contributed by atoms with Crippen molar-refractivity contribution in [3.05, 3.63) is 47.1 Å². The molecule has 6 heteroatoms. The molecule has 0 fully saturated rings. The van der Waals surface area contributed by atoms with Gasteiger partial charge in [-0.05, 0) is 18.2 Å². The van der Waals surface area contributed by atoms with Crippen LogP contribution in [0.15, 0.2) is 30.5 Å². The van der Waals surface area contributed by atoms with Gasteiger partial charge in [0.25, 0.3) is 0 Å². The molecule has 0 aliphatic heterocycles. The van der Waals surface area contributed by atoms with Crippen LogP contribution in [-0.4, -0.2) is 4.98 Å². The van der Waals surface area contributed by atoms with Crippen LogP contribution >= 0.6 is 11.6 Å². The lowest BCUT2D eigenvalue weighted by Gasteiger charge is -2.09. The van der Waals surface area contributed by atoms with Crippen molar-refractivity contribution in [3.63, 3.8) is 0 Å². The van der Waals surface area contributed by atoms with Gasteiger partial charge in [0.15, 0.2) is 5.82 Å². The summed E-state index contributed by atoms with van der Waals surface area (Å²) in [6.07, 6.45) is 1.38. The summed E-state index contributed by atoms with van der Waals surface area (Å²) >= 11 is 5.68. The Balaban J connectivity index is 2.31. The standard InChI is InChI=1S/C11H8ClF2N3/c12-6-3-9(15)11(16-5-6)17-10-2-1-7(13)4-8(10)14/h1-5H,15H2,(H,16,17). The van der Waals surface area contributed by atoms with E-state index in [1.807, 2.05) is 0 Å². The number of hydrogen-bond donors (Lipinski definition) is 2. The van der Waals surface area contributed by atoms with Crippen LogP contribution in [0.4, 0.5) is 26.0 Å². The maximum atomic E-state index is 13.3. The number of nitrogen functional groups attached to an aromatic ring is 1. The van der Waals surface area contributed by atoms with Crippen LogP contribution in [0.25, 0.3) is 0 Å². The summed E-state index contributed by atoms with van der Waals surface area (Å²) in [5.74, 6) is -1.11. The summed E-state index contributed by atoms with van der Waals surface area (Å²) in [7, 11) is 0. The van der Waals surface area contributed by atoms with E-state index in [-0.39, 0.29) is 17.2 Å². The molecule has 0 radical (unpaired) electrons. The first-order valence-corrected chi connectivity index (χ1v) is 5.07. The minimum atomic E-state index is -0.721. The lowest BCUT2D eigenvalue weighted by atomic mass is 10.3. The number of nitrogens with zero attached hydrogens (tertiary/aromatic N) is 1. The van der Waals surface area contributed by atoms with Gasteiger partial charge in [0, 0.05) is 12.3 Å². The Morgan fingerprint density at radius 2 is 2.00 bits per heavy atom. The van der Waals surface area contributed by atoms with Crippen molar-refractivity contribution >= 4 is 28.8 Å². The van der Waals surface area contributed by atoms with Crippen LogP contribution in [0.3, 0.4) is 0 Å². The zero-order valence-corrected chi connectivity index (χ0v) is 9.30. The van der Waals surface area contributed by atoms with Gasteiger partial charge in [-0.3, -0.25) is 0 Å². The van der Waals surface area contributed by atoms with E-state index in [4.69, 9.17) is 17.3 Å². The van der Waals surface area contributed by atoms with Gasteiger partial charge in [-0.15, -0.1) is 0 Å². The number of nitrogens with one attached hydrogen (secondary N) is 1. The van der Waals surface area contributed by atoms with Gasteiger partial charge in [-0.1, -0.05) is 11.6 Å². The van der Waals surface area contributed by atoms with Crippen LogP contribution in [0.2, 0.25) is 5.02 Å². The SMILES string of the molecule is Nc1cc(Cl)cnc1Nc1ccc(F)cc1F. The second-order valence-electron chi connectivity index (χ2n) is 3.34. The van der Waals surface area contributed by atoms with E-state index in [1.54, 1.807) is 0 Å². The van der Waals surface area contributed by atoms with E-state index in [2.05, 4.69) is 10.3 Å². The topological polar surface area (TPSA) is 50.9 Å². The van der Waals surface area contributed by atoms with Crippen LogP contribution in [0.5, 0.6) is 0 Å². The number of rotatable bonds is 2.